The molecule has 2 unspecified atom stereocenters. The Morgan fingerprint density at radius 2 is 2.05 bits per heavy atom. The molecule has 0 aliphatic carbocycles. The van der Waals surface area contributed by atoms with Crippen LogP contribution in [0.25, 0.3) is 0 Å². The second kappa shape index (κ2) is 4.95. The minimum Gasteiger partial charge on any atom is -0.481 e. The number of carbonyl (C=O) groups excluding carboxylic acids is 1. The maximum Gasteiger partial charge on any atom is 0.323 e. The van der Waals surface area contributed by atoms with Gasteiger partial charge >= 0.3 is 11.8 Å². The highest BCUT2D eigenvalue weighted by molar-refractivity contribution is 5.94. The van der Waals surface area contributed by atoms with Crippen molar-refractivity contribution in [3.63, 3.8) is 0 Å². The van der Waals surface area contributed by atoms with Crippen LogP contribution in [0.4, 0.5) is 5.82 Å². The van der Waals surface area contributed by atoms with E-state index in [9.17, 15) is 19.7 Å². The van der Waals surface area contributed by atoms with Gasteiger partial charge < -0.3 is 20.1 Å². The zero-order valence-corrected chi connectivity index (χ0v) is 11.1. The fourth-order valence-electron chi connectivity index (χ4n) is 2.51. The Bertz CT molecular complexity index is 580. The first-order valence-electron chi connectivity index (χ1n) is 6.15. The van der Waals surface area contributed by atoms with Crippen molar-refractivity contribution in [3.05, 3.63) is 27.9 Å². The van der Waals surface area contributed by atoms with Crippen LogP contribution in [0, 0.1) is 22.0 Å². The summed E-state index contributed by atoms with van der Waals surface area (Å²) in [5.74, 6) is -2.20. The molecule has 8 heteroatoms. The van der Waals surface area contributed by atoms with Crippen LogP contribution < -0.4 is 0 Å². The second-order valence-corrected chi connectivity index (χ2v) is 5.03. The molecule has 0 radical (unpaired) electrons. The lowest BCUT2D eigenvalue weighted by Crippen LogP contribution is -2.31. The van der Waals surface area contributed by atoms with E-state index in [1.165, 1.54) is 28.6 Å². The van der Waals surface area contributed by atoms with Crippen LogP contribution in [0.15, 0.2) is 12.1 Å². The van der Waals surface area contributed by atoms with Crippen molar-refractivity contribution in [3.8, 4) is 0 Å². The van der Waals surface area contributed by atoms with Crippen LogP contribution >= 0.6 is 0 Å². The molecule has 1 aromatic heterocycles. The molecule has 2 atom stereocenters. The maximum absolute atomic E-state index is 12.3. The van der Waals surface area contributed by atoms with E-state index in [0.29, 0.717) is 6.54 Å². The Labute approximate surface area is 114 Å². The first-order valence-corrected chi connectivity index (χ1v) is 6.15. The van der Waals surface area contributed by atoms with Crippen molar-refractivity contribution >= 4 is 17.7 Å². The number of carboxylic acids is 1. The number of carbonyl (C=O) groups is 2. The van der Waals surface area contributed by atoms with Gasteiger partial charge in [-0.05, 0) is 16.9 Å². The summed E-state index contributed by atoms with van der Waals surface area (Å²) in [4.78, 5) is 35.0. The van der Waals surface area contributed by atoms with Crippen LogP contribution in [0.5, 0.6) is 0 Å². The second-order valence-electron chi connectivity index (χ2n) is 5.03. The van der Waals surface area contributed by atoms with Gasteiger partial charge in [0.2, 0.25) is 0 Å². The summed E-state index contributed by atoms with van der Waals surface area (Å²) in [5.41, 5.74) is 0.190. The minimum absolute atomic E-state index is 0.133. The van der Waals surface area contributed by atoms with Gasteiger partial charge in [-0.2, -0.15) is 0 Å². The van der Waals surface area contributed by atoms with Gasteiger partial charge in [0.1, 0.15) is 0 Å². The van der Waals surface area contributed by atoms with Gasteiger partial charge in [0.05, 0.1) is 13.0 Å². The standard InChI is InChI=1S/C12H15N3O5/c1-7-5-14(6-8(7)12(17)18)11(16)9-3-4-10(13(9)2)15(19)20/h3-4,7-8H,5-6H2,1-2H3,(H,17,18). The zero-order chi connectivity index (χ0) is 15.0. The average molecular weight is 281 g/mol. The van der Waals surface area contributed by atoms with Crippen LogP contribution in [-0.4, -0.2) is 44.5 Å². The summed E-state index contributed by atoms with van der Waals surface area (Å²) in [6.07, 6.45) is 0. The van der Waals surface area contributed by atoms with Crippen molar-refractivity contribution in [2.24, 2.45) is 18.9 Å². The van der Waals surface area contributed by atoms with Gasteiger partial charge in [0, 0.05) is 19.2 Å². The fraction of sp³-hybridized carbons (Fsp3) is 0.500. The van der Waals surface area contributed by atoms with Gasteiger partial charge in [0.15, 0.2) is 5.69 Å². The molecule has 1 aromatic rings. The molecule has 108 valence electrons. The Morgan fingerprint density at radius 3 is 2.50 bits per heavy atom. The third-order valence-electron chi connectivity index (χ3n) is 3.72. The van der Waals surface area contributed by atoms with Gasteiger partial charge in [-0.25, -0.2) is 4.57 Å². The molecule has 0 aromatic carbocycles. The summed E-state index contributed by atoms with van der Waals surface area (Å²) in [6, 6.07) is 2.65. The molecule has 1 N–H and O–H groups in total. The van der Waals surface area contributed by atoms with E-state index in [1.54, 1.807) is 6.92 Å². The Balaban J connectivity index is 2.21. The summed E-state index contributed by atoms with van der Waals surface area (Å²) in [7, 11) is 1.44. The van der Waals surface area contributed by atoms with Gasteiger partial charge in [-0.1, -0.05) is 6.92 Å². The van der Waals surface area contributed by atoms with Crippen molar-refractivity contribution in [2.45, 2.75) is 6.92 Å². The van der Waals surface area contributed by atoms with E-state index in [2.05, 4.69) is 0 Å². The van der Waals surface area contributed by atoms with Crippen LogP contribution in [0.2, 0.25) is 0 Å². The molecule has 0 bridgehead atoms. The number of hydrogen-bond donors (Lipinski definition) is 1. The third kappa shape index (κ3) is 2.24. The molecule has 1 fully saturated rings. The largest absolute Gasteiger partial charge is 0.481 e. The number of hydrogen-bond acceptors (Lipinski definition) is 4. The Hall–Kier alpha value is -2.38. The number of likely N-dealkylation sites (tertiary alicyclic amines) is 1. The van der Waals surface area contributed by atoms with E-state index in [-0.39, 0.29) is 29.9 Å². The Kier molecular flexibility index (Phi) is 3.47. The minimum atomic E-state index is -0.925. The molecule has 8 nitrogen and oxygen atoms in total. The molecule has 1 amide bonds. The smallest absolute Gasteiger partial charge is 0.323 e. The van der Waals surface area contributed by atoms with Crippen molar-refractivity contribution in [2.75, 3.05) is 13.1 Å². The molecule has 1 aliphatic heterocycles. The number of nitro groups is 1. The maximum atomic E-state index is 12.3. The number of amides is 1. The molecule has 0 saturated carbocycles. The van der Waals surface area contributed by atoms with E-state index in [1.807, 2.05) is 0 Å². The lowest BCUT2D eigenvalue weighted by atomic mass is 9.99. The van der Waals surface area contributed by atoms with Crippen LogP contribution in [0.1, 0.15) is 17.4 Å². The number of carboxylic acid groups (broad SMARTS) is 1. The van der Waals surface area contributed by atoms with Gasteiger partial charge in [0.25, 0.3) is 5.91 Å². The molecule has 1 aliphatic rings. The lowest BCUT2D eigenvalue weighted by Gasteiger charge is -2.14. The number of aliphatic carboxylic acids is 1. The third-order valence-corrected chi connectivity index (χ3v) is 3.72. The molecule has 2 heterocycles. The quantitative estimate of drug-likeness (QED) is 0.649. The van der Waals surface area contributed by atoms with E-state index in [0.717, 1.165) is 0 Å². The summed E-state index contributed by atoms with van der Waals surface area (Å²) >= 11 is 0. The van der Waals surface area contributed by atoms with Gasteiger partial charge in [-0.3, -0.25) is 9.59 Å². The normalized spacial score (nSPS) is 22.0. The van der Waals surface area contributed by atoms with Crippen molar-refractivity contribution in [1.29, 1.82) is 0 Å². The topological polar surface area (TPSA) is 106 Å². The highest BCUT2D eigenvalue weighted by Crippen LogP contribution is 2.25. The molecule has 0 spiro atoms. The zero-order valence-electron chi connectivity index (χ0n) is 11.1. The predicted octanol–water partition coefficient (Wildman–Crippen LogP) is 0.726. The summed E-state index contributed by atoms with van der Waals surface area (Å²) in [6.45, 7) is 2.25. The van der Waals surface area contributed by atoms with Crippen molar-refractivity contribution < 1.29 is 19.6 Å². The van der Waals surface area contributed by atoms with Crippen LogP contribution in [0.3, 0.4) is 0 Å². The average Bonchev–Trinajstić information content (AvgIpc) is 2.91. The monoisotopic (exact) mass is 281 g/mol. The fourth-order valence-corrected chi connectivity index (χ4v) is 2.51. The van der Waals surface area contributed by atoms with E-state index in [4.69, 9.17) is 5.11 Å². The number of rotatable bonds is 3. The predicted molar refractivity (Wildman–Crippen MR) is 68.3 cm³/mol. The van der Waals surface area contributed by atoms with Crippen LogP contribution in [-0.2, 0) is 11.8 Å². The van der Waals surface area contributed by atoms with E-state index < -0.39 is 16.8 Å². The number of nitrogens with zero attached hydrogens (tertiary/aromatic N) is 3. The molecular formula is C12H15N3O5. The highest BCUT2D eigenvalue weighted by atomic mass is 16.6. The molecule has 2 rings (SSSR count). The lowest BCUT2D eigenvalue weighted by molar-refractivity contribution is -0.391. The Morgan fingerprint density at radius 1 is 1.40 bits per heavy atom. The summed E-state index contributed by atoms with van der Waals surface area (Å²) in [5, 5.41) is 19.8. The SMILES string of the molecule is CC1CN(C(=O)c2ccc([N+](=O)[O-])n2C)CC1C(=O)O. The number of aromatic nitrogens is 1. The van der Waals surface area contributed by atoms with Gasteiger partial charge in [-0.15, -0.1) is 0 Å². The molecule has 20 heavy (non-hydrogen) atoms. The highest BCUT2D eigenvalue weighted by Gasteiger charge is 2.38. The molecule has 1 saturated heterocycles. The van der Waals surface area contributed by atoms with E-state index >= 15 is 0 Å². The van der Waals surface area contributed by atoms with Crippen molar-refractivity contribution in [1.82, 2.24) is 9.47 Å². The first-order chi connectivity index (χ1) is 9.32. The summed E-state index contributed by atoms with van der Waals surface area (Å²) < 4.78 is 1.21. The molecular weight excluding hydrogens is 266 g/mol. The first kappa shape index (κ1) is 14.0.